The van der Waals surface area contributed by atoms with Crippen molar-refractivity contribution in [2.45, 2.75) is 63.5 Å². The van der Waals surface area contributed by atoms with E-state index in [4.69, 9.17) is 0 Å². The van der Waals surface area contributed by atoms with Gasteiger partial charge in [0.25, 0.3) is 11.8 Å². The zero-order valence-corrected chi connectivity index (χ0v) is 22.1. The van der Waals surface area contributed by atoms with E-state index < -0.39 is 41.1 Å². The maximum absolute atomic E-state index is 13.6. The van der Waals surface area contributed by atoms with Crippen LogP contribution in [0, 0.1) is 5.41 Å². The summed E-state index contributed by atoms with van der Waals surface area (Å²) >= 11 is 0. The van der Waals surface area contributed by atoms with Crippen LogP contribution in [0.2, 0.25) is 0 Å². The van der Waals surface area contributed by atoms with E-state index in [9.17, 15) is 28.8 Å². The third kappa shape index (κ3) is 3.62. The maximum Gasteiger partial charge on any atom is 0.332 e. The molecule has 0 aromatic heterocycles. The molecule has 39 heavy (non-hydrogen) atoms. The van der Waals surface area contributed by atoms with Crippen molar-refractivity contribution in [3.05, 3.63) is 34.9 Å². The lowest BCUT2D eigenvalue weighted by atomic mass is 9.68. The Morgan fingerprint density at radius 1 is 0.897 bits per heavy atom. The Balaban J connectivity index is 1.38. The molecular formula is C28H31N5O6. The highest BCUT2D eigenvalue weighted by atomic mass is 16.2. The number of hydrogen-bond acceptors (Lipinski definition) is 7. The number of barbiturate groups is 2. The molecule has 1 aromatic carbocycles. The fourth-order valence-electron chi connectivity index (χ4n) is 7.14. The van der Waals surface area contributed by atoms with E-state index in [2.05, 4.69) is 10.2 Å². The lowest BCUT2D eigenvalue weighted by Crippen LogP contribution is -2.70. The summed E-state index contributed by atoms with van der Waals surface area (Å²) in [5.41, 5.74) is 0.608. The Kier molecular flexibility index (Phi) is 5.85. The second kappa shape index (κ2) is 9.03. The van der Waals surface area contributed by atoms with E-state index in [1.807, 2.05) is 6.07 Å². The molecule has 6 rings (SSSR count). The fourth-order valence-corrected chi connectivity index (χ4v) is 7.14. The summed E-state index contributed by atoms with van der Waals surface area (Å²) < 4.78 is 0. The van der Waals surface area contributed by atoms with Gasteiger partial charge in [-0.15, -0.1) is 0 Å². The van der Waals surface area contributed by atoms with Crippen LogP contribution in [0.25, 0.3) is 6.08 Å². The Bertz CT molecular complexity index is 1340. The van der Waals surface area contributed by atoms with Gasteiger partial charge in [0.05, 0.1) is 6.04 Å². The molecule has 11 nitrogen and oxygen atoms in total. The quantitative estimate of drug-likeness (QED) is 0.350. The molecule has 1 aliphatic carbocycles. The normalized spacial score (nSPS) is 26.5. The van der Waals surface area contributed by atoms with Gasteiger partial charge >= 0.3 is 12.1 Å². The molecule has 0 unspecified atom stereocenters. The number of imide groups is 4. The molecule has 1 aromatic rings. The van der Waals surface area contributed by atoms with Gasteiger partial charge in [0.1, 0.15) is 5.57 Å². The van der Waals surface area contributed by atoms with Gasteiger partial charge in [0.2, 0.25) is 11.8 Å². The summed E-state index contributed by atoms with van der Waals surface area (Å²) in [6.45, 7) is 0.668. The van der Waals surface area contributed by atoms with E-state index in [1.54, 1.807) is 12.1 Å². The van der Waals surface area contributed by atoms with E-state index in [1.165, 1.54) is 25.1 Å². The van der Waals surface area contributed by atoms with Gasteiger partial charge in [-0.25, -0.2) is 9.59 Å². The van der Waals surface area contributed by atoms with Gasteiger partial charge in [-0.05, 0) is 61.4 Å². The summed E-state index contributed by atoms with van der Waals surface area (Å²) in [5.74, 6) is -2.37. The van der Waals surface area contributed by atoms with E-state index >= 15 is 0 Å². The van der Waals surface area contributed by atoms with Gasteiger partial charge in [0, 0.05) is 32.4 Å². The minimum absolute atomic E-state index is 0.104. The van der Waals surface area contributed by atoms with Crippen molar-refractivity contribution in [2.24, 2.45) is 5.41 Å². The number of carbonyl (C=O) groups excluding carboxylic acids is 6. The first kappa shape index (κ1) is 25.3. The van der Waals surface area contributed by atoms with Gasteiger partial charge in [-0.3, -0.25) is 39.2 Å². The average Bonchev–Trinajstić information content (AvgIpc) is 3.43. The van der Waals surface area contributed by atoms with Gasteiger partial charge in [-0.2, -0.15) is 0 Å². The van der Waals surface area contributed by atoms with Crippen LogP contribution in [0.3, 0.4) is 0 Å². The summed E-state index contributed by atoms with van der Waals surface area (Å²) in [4.78, 5) is 83.7. The van der Waals surface area contributed by atoms with Crippen LogP contribution in [-0.4, -0.2) is 83.1 Å². The predicted octanol–water partition coefficient (Wildman–Crippen LogP) is 2.04. The zero-order valence-electron chi connectivity index (χ0n) is 22.1. The number of nitrogens with zero attached hydrogens (tertiary/aromatic N) is 4. The topological polar surface area (TPSA) is 127 Å². The van der Waals surface area contributed by atoms with Crippen LogP contribution >= 0.6 is 0 Å². The molecule has 0 bridgehead atoms. The second-order valence-corrected chi connectivity index (χ2v) is 11.2. The molecule has 11 heteroatoms. The third-order valence-corrected chi connectivity index (χ3v) is 9.03. The van der Waals surface area contributed by atoms with Crippen LogP contribution in [0.1, 0.15) is 56.1 Å². The Morgan fingerprint density at radius 2 is 1.59 bits per heavy atom. The van der Waals surface area contributed by atoms with E-state index in [0.717, 1.165) is 46.7 Å². The Morgan fingerprint density at radius 3 is 2.28 bits per heavy atom. The lowest BCUT2D eigenvalue weighted by molar-refractivity contribution is -0.159. The summed E-state index contributed by atoms with van der Waals surface area (Å²) in [5, 5.41) is 2.31. The predicted molar refractivity (Wildman–Crippen MR) is 139 cm³/mol. The van der Waals surface area contributed by atoms with Crippen LogP contribution in [-0.2, 0) is 25.6 Å². The first-order chi connectivity index (χ1) is 18.6. The van der Waals surface area contributed by atoms with Gasteiger partial charge < -0.3 is 4.90 Å². The second-order valence-electron chi connectivity index (χ2n) is 11.2. The standard InChI is InChI=1S/C28H31N5O6/c1-30-24(36)28(25(37)31(2)27(30)39)15-17-13-16(10-11-20(17)32-12-6-9-21(28)32)14-19-22(34)29-26(38)33(23(19)35)18-7-4-3-5-8-18/h10-11,13-14,18,21H,3-9,12,15H2,1-2H3,(H,29,34,38)/b19-14+/t21-/m1/s1. The van der Waals surface area contributed by atoms with Crippen LogP contribution in [0.5, 0.6) is 0 Å². The van der Waals surface area contributed by atoms with Crippen molar-refractivity contribution in [1.82, 2.24) is 20.0 Å². The molecule has 8 amide bonds. The van der Waals surface area contributed by atoms with E-state index in [0.29, 0.717) is 31.4 Å². The molecule has 4 aliphatic heterocycles. The van der Waals surface area contributed by atoms with Crippen LogP contribution in [0.4, 0.5) is 15.3 Å². The van der Waals surface area contributed by atoms with Crippen molar-refractivity contribution in [3.8, 4) is 0 Å². The number of rotatable bonds is 2. The van der Waals surface area contributed by atoms with Crippen LogP contribution < -0.4 is 10.2 Å². The Labute approximate surface area is 225 Å². The number of anilines is 1. The van der Waals surface area contributed by atoms with E-state index in [-0.39, 0.29) is 24.1 Å². The molecule has 5 aliphatic rings. The number of benzene rings is 1. The SMILES string of the molecule is CN1C(=O)N(C)C(=O)C2(Cc3cc(/C=C4\C(=O)NC(=O)N(C5CCCCC5)C4=O)ccc3N3CCC[C@@H]32)C1=O. The number of urea groups is 2. The van der Waals surface area contributed by atoms with Gasteiger partial charge in [-0.1, -0.05) is 25.3 Å². The number of amides is 8. The first-order valence-electron chi connectivity index (χ1n) is 13.6. The number of fused-ring (bicyclic) bond motifs is 4. The minimum Gasteiger partial charge on any atom is -0.367 e. The van der Waals surface area contributed by atoms with Crippen molar-refractivity contribution < 1.29 is 28.8 Å². The molecule has 1 spiro atoms. The van der Waals surface area contributed by atoms with Crippen molar-refractivity contribution in [3.63, 3.8) is 0 Å². The molecule has 4 heterocycles. The molecule has 1 atom stereocenters. The molecule has 1 N–H and O–H groups in total. The lowest BCUT2D eigenvalue weighted by Gasteiger charge is -2.50. The first-order valence-corrected chi connectivity index (χ1v) is 13.6. The highest BCUT2D eigenvalue weighted by Gasteiger charge is 2.63. The fraction of sp³-hybridized carbons (Fsp3) is 0.500. The van der Waals surface area contributed by atoms with Crippen LogP contribution in [0.15, 0.2) is 23.8 Å². The molecule has 0 radical (unpaired) electrons. The third-order valence-electron chi connectivity index (χ3n) is 9.03. The molecule has 204 valence electrons. The average molecular weight is 534 g/mol. The summed E-state index contributed by atoms with van der Waals surface area (Å²) in [6.07, 6.45) is 7.36. The Hall–Kier alpha value is -4.02. The zero-order chi connectivity index (χ0) is 27.6. The number of carbonyl (C=O) groups is 6. The molecule has 3 saturated heterocycles. The molecule has 4 fully saturated rings. The smallest absolute Gasteiger partial charge is 0.332 e. The summed E-state index contributed by atoms with van der Waals surface area (Å²) in [6, 6.07) is 3.54. The highest BCUT2D eigenvalue weighted by molar-refractivity contribution is 6.31. The maximum atomic E-state index is 13.6. The van der Waals surface area contributed by atoms with Crippen molar-refractivity contribution in [2.75, 3.05) is 25.5 Å². The largest absolute Gasteiger partial charge is 0.367 e. The van der Waals surface area contributed by atoms with Crippen molar-refractivity contribution in [1.29, 1.82) is 0 Å². The molecule has 1 saturated carbocycles. The molecular weight excluding hydrogens is 502 g/mol. The monoisotopic (exact) mass is 533 g/mol. The van der Waals surface area contributed by atoms with Gasteiger partial charge in [0.15, 0.2) is 5.41 Å². The summed E-state index contributed by atoms with van der Waals surface area (Å²) in [7, 11) is 2.80. The van der Waals surface area contributed by atoms with Crippen molar-refractivity contribution >= 4 is 47.5 Å². The number of nitrogens with one attached hydrogen (secondary N) is 1. The minimum atomic E-state index is -1.44. The highest BCUT2D eigenvalue weighted by Crippen LogP contribution is 2.49. The number of hydrogen-bond donors (Lipinski definition) is 1.